The Morgan fingerprint density at radius 2 is 0.513 bits per heavy atom. The van der Waals surface area contributed by atoms with E-state index in [0.29, 0.717) is 19.3 Å². The van der Waals surface area contributed by atoms with Crippen molar-refractivity contribution in [2.75, 3.05) is 13.2 Å². The molecule has 0 amide bonds. The minimum absolute atomic E-state index is 0.0900. The van der Waals surface area contributed by atoms with Crippen molar-refractivity contribution in [3.63, 3.8) is 0 Å². The molecule has 0 saturated carbocycles. The number of carbonyl (C=O) groups excluding carboxylic acids is 3. The molecule has 0 aromatic heterocycles. The van der Waals surface area contributed by atoms with Crippen molar-refractivity contribution in [1.29, 1.82) is 0 Å². The predicted octanol–water partition coefficient (Wildman–Crippen LogP) is 22.9. The zero-order valence-electron chi connectivity index (χ0n) is 51.0. The van der Waals surface area contributed by atoms with Gasteiger partial charge in [0, 0.05) is 19.3 Å². The lowest BCUT2D eigenvalue weighted by atomic mass is 10.0. The zero-order chi connectivity index (χ0) is 55.0. The lowest BCUT2D eigenvalue weighted by Gasteiger charge is -2.18. The summed E-state index contributed by atoms with van der Waals surface area (Å²) >= 11 is 0. The fraction of sp³-hybridized carbons (Fsp3) is 0.843. The number of hydrogen-bond acceptors (Lipinski definition) is 6. The van der Waals surface area contributed by atoms with E-state index in [4.69, 9.17) is 14.2 Å². The number of rotatable bonds is 62. The molecule has 6 nitrogen and oxygen atoms in total. The van der Waals surface area contributed by atoms with Crippen LogP contribution in [0.25, 0.3) is 0 Å². The second kappa shape index (κ2) is 64.9. The minimum Gasteiger partial charge on any atom is -0.462 e. The molecule has 0 fully saturated rings. The van der Waals surface area contributed by atoms with Crippen LogP contribution in [0.15, 0.2) is 48.6 Å². The summed E-state index contributed by atoms with van der Waals surface area (Å²) in [6.45, 7) is 6.52. The molecule has 0 bridgehead atoms. The van der Waals surface area contributed by atoms with Crippen LogP contribution >= 0.6 is 0 Å². The fourth-order valence-electron chi connectivity index (χ4n) is 10.1. The number of unbranched alkanes of at least 4 members (excludes halogenated alkanes) is 43. The third-order valence-electron chi connectivity index (χ3n) is 15.1. The van der Waals surface area contributed by atoms with Crippen LogP contribution in [-0.2, 0) is 28.6 Å². The largest absolute Gasteiger partial charge is 0.462 e. The first kappa shape index (κ1) is 73.4. The van der Waals surface area contributed by atoms with E-state index >= 15 is 0 Å². The monoisotopic (exact) mass is 1060 g/mol. The Balaban J connectivity index is 4.18. The average molecular weight is 1070 g/mol. The van der Waals surface area contributed by atoms with Crippen molar-refractivity contribution in [3.05, 3.63) is 48.6 Å². The maximum absolute atomic E-state index is 12.9. The van der Waals surface area contributed by atoms with Gasteiger partial charge in [-0.05, 0) is 44.9 Å². The molecule has 0 rings (SSSR count). The fourth-order valence-corrected chi connectivity index (χ4v) is 10.1. The third kappa shape index (κ3) is 62.2. The van der Waals surface area contributed by atoms with Crippen LogP contribution < -0.4 is 0 Å². The summed E-state index contributed by atoms with van der Waals surface area (Å²) < 4.78 is 16.9. The van der Waals surface area contributed by atoms with E-state index in [2.05, 4.69) is 63.3 Å². The molecule has 0 saturated heterocycles. The first-order valence-corrected chi connectivity index (χ1v) is 33.6. The summed E-state index contributed by atoms with van der Waals surface area (Å²) in [4.78, 5) is 38.2. The summed E-state index contributed by atoms with van der Waals surface area (Å²) in [6, 6.07) is 0. The van der Waals surface area contributed by atoms with E-state index in [-0.39, 0.29) is 37.5 Å². The quantitative estimate of drug-likeness (QED) is 0.0261. The maximum Gasteiger partial charge on any atom is 0.306 e. The molecule has 0 N–H and O–H groups in total. The lowest BCUT2D eigenvalue weighted by Crippen LogP contribution is -2.30. The van der Waals surface area contributed by atoms with Gasteiger partial charge in [-0.15, -0.1) is 0 Å². The van der Waals surface area contributed by atoms with Gasteiger partial charge in [0.25, 0.3) is 0 Å². The van der Waals surface area contributed by atoms with Gasteiger partial charge in [0.2, 0.25) is 0 Å². The highest BCUT2D eigenvalue weighted by atomic mass is 16.6. The average Bonchev–Trinajstić information content (AvgIpc) is 3.42. The summed E-state index contributed by atoms with van der Waals surface area (Å²) in [7, 11) is 0. The summed E-state index contributed by atoms with van der Waals surface area (Å²) in [5, 5.41) is 0. The Kier molecular flexibility index (Phi) is 62.6. The van der Waals surface area contributed by atoms with Crippen molar-refractivity contribution >= 4 is 17.9 Å². The standard InChI is InChI=1S/C70H128O6/c1-4-7-10-13-16-19-22-25-27-29-30-31-32-33-34-35-36-37-38-39-40-41-43-45-48-51-54-57-60-63-69(72)75-66-67(65-74-68(71)62-59-56-53-50-47-44-24-21-18-15-12-9-6-3)76-70(73)64-61-58-55-52-49-46-42-28-26-23-20-17-14-11-8-5-2/h9,12,18,21,44,47,53,56,67H,4-8,10-11,13-17,19-20,22-43,45-46,48-52,54-55,57-66H2,1-3H3/b12-9-,21-18-,47-44-,56-53-. The van der Waals surface area contributed by atoms with Crippen LogP contribution in [0.2, 0.25) is 0 Å². The Bertz CT molecular complexity index is 1310. The van der Waals surface area contributed by atoms with Gasteiger partial charge in [-0.2, -0.15) is 0 Å². The molecular formula is C70H128O6. The van der Waals surface area contributed by atoms with Gasteiger partial charge < -0.3 is 14.2 Å². The van der Waals surface area contributed by atoms with Gasteiger partial charge >= 0.3 is 17.9 Å². The van der Waals surface area contributed by atoms with E-state index in [0.717, 1.165) is 64.2 Å². The molecule has 0 aliphatic carbocycles. The molecule has 0 aromatic carbocycles. The molecule has 0 aliphatic rings. The molecule has 0 aliphatic heterocycles. The molecule has 6 heteroatoms. The normalized spacial score (nSPS) is 12.3. The molecule has 0 aromatic rings. The first-order valence-electron chi connectivity index (χ1n) is 33.6. The molecule has 0 radical (unpaired) electrons. The highest BCUT2D eigenvalue weighted by molar-refractivity contribution is 5.71. The maximum atomic E-state index is 12.9. The Hall–Kier alpha value is -2.63. The lowest BCUT2D eigenvalue weighted by molar-refractivity contribution is -0.166. The van der Waals surface area contributed by atoms with E-state index in [1.54, 1.807) is 0 Å². The molecule has 0 heterocycles. The van der Waals surface area contributed by atoms with Crippen LogP contribution in [0, 0.1) is 0 Å². The molecule has 0 spiro atoms. The number of carbonyl (C=O) groups is 3. The Labute approximate surface area is 473 Å². The topological polar surface area (TPSA) is 78.9 Å². The molecule has 1 atom stereocenters. The summed E-state index contributed by atoms with van der Waals surface area (Å²) in [5.74, 6) is -0.952. The van der Waals surface area contributed by atoms with E-state index < -0.39 is 6.10 Å². The third-order valence-corrected chi connectivity index (χ3v) is 15.1. The van der Waals surface area contributed by atoms with Gasteiger partial charge in [0.05, 0.1) is 0 Å². The van der Waals surface area contributed by atoms with Gasteiger partial charge in [0.1, 0.15) is 13.2 Å². The van der Waals surface area contributed by atoms with Crippen LogP contribution in [0.5, 0.6) is 0 Å². The number of allylic oxidation sites excluding steroid dienone is 8. The van der Waals surface area contributed by atoms with Crippen molar-refractivity contribution < 1.29 is 28.6 Å². The van der Waals surface area contributed by atoms with Gasteiger partial charge in [-0.1, -0.05) is 345 Å². The number of hydrogen-bond donors (Lipinski definition) is 0. The molecular weight excluding hydrogens is 937 g/mol. The van der Waals surface area contributed by atoms with Gasteiger partial charge in [-0.25, -0.2) is 0 Å². The SMILES string of the molecule is CC/C=C\C/C=C\C/C=C\C/C=C\CCC(=O)OCC(COC(=O)CCCCCCCCCCCCCCCCCCCCCCCCCCCCCCC)OC(=O)CCCCCCCCCCCCCCCCCC. The summed E-state index contributed by atoms with van der Waals surface area (Å²) in [5.41, 5.74) is 0. The van der Waals surface area contributed by atoms with E-state index in [1.807, 2.05) is 6.08 Å². The number of ether oxygens (including phenoxy) is 3. The van der Waals surface area contributed by atoms with Crippen molar-refractivity contribution in [1.82, 2.24) is 0 Å². The Morgan fingerprint density at radius 1 is 0.276 bits per heavy atom. The highest BCUT2D eigenvalue weighted by Gasteiger charge is 2.19. The molecule has 76 heavy (non-hydrogen) atoms. The smallest absolute Gasteiger partial charge is 0.306 e. The zero-order valence-corrected chi connectivity index (χ0v) is 51.0. The van der Waals surface area contributed by atoms with Crippen molar-refractivity contribution in [3.8, 4) is 0 Å². The van der Waals surface area contributed by atoms with Gasteiger partial charge in [0.15, 0.2) is 6.10 Å². The minimum atomic E-state index is -0.799. The number of esters is 3. The van der Waals surface area contributed by atoms with Crippen LogP contribution in [-0.4, -0.2) is 37.2 Å². The van der Waals surface area contributed by atoms with E-state index in [9.17, 15) is 14.4 Å². The Morgan fingerprint density at radius 3 is 0.803 bits per heavy atom. The molecule has 1 unspecified atom stereocenters. The van der Waals surface area contributed by atoms with Gasteiger partial charge in [-0.3, -0.25) is 14.4 Å². The van der Waals surface area contributed by atoms with Crippen molar-refractivity contribution in [2.45, 2.75) is 367 Å². The highest BCUT2D eigenvalue weighted by Crippen LogP contribution is 2.18. The predicted molar refractivity (Wildman–Crippen MR) is 330 cm³/mol. The van der Waals surface area contributed by atoms with Crippen molar-refractivity contribution in [2.24, 2.45) is 0 Å². The second-order valence-electron chi connectivity index (χ2n) is 22.7. The van der Waals surface area contributed by atoms with Crippen LogP contribution in [0.3, 0.4) is 0 Å². The second-order valence-corrected chi connectivity index (χ2v) is 22.7. The first-order chi connectivity index (χ1) is 37.5. The van der Waals surface area contributed by atoms with Crippen LogP contribution in [0.1, 0.15) is 361 Å². The van der Waals surface area contributed by atoms with Crippen LogP contribution in [0.4, 0.5) is 0 Å². The summed E-state index contributed by atoms with van der Waals surface area (Å²) in [6.07, 6.45) is 81.7. The van der Waals surface area contributed by atoms with E-state index in [1.165, 1.54) is 250 Å². The molecule has 444 valence electrons.